The van der Waals surface area contributed by atoms with Crippen LogP contribution in [0.2, 0.25) is 10.0 Å². The quantitative estimate of drug-likeness (QED) is 0.163. The predicted molar refractivity (Wildman–Crippen MR) is 168 cm³/mol. The molecule has 2 aromatic heterocycles. The number of anilines is 4. The molecule has 0 aliphatic heterocycles. The van der Waals surface area contributed by atoms with Crippen molar-refractivity contribution in [3.05, 3.63) is 70.9 Å². The van der Waals surface area contributed by atoms with Crippen molar-refractivity contribution in [3.63, 3.8) is 0 Å². The molecule has 11 heteroatoms. The molecule has 0 radical (unpaired) electrons. The van der Waals surface area contributed by atoms with E-state index in [-0.39, 0.29) is 5.91 Å². The number of ether oxygens (including phenoxy) is 2. The second kappa shape index (κ2) is 13.1. The van der Waals surface area contributed by atoms with E-state index in [2.05, 4.69) is 32.4 Å². The van der Waals surface area contributed by atoms with Gasteiger partial charge < -0.3 is 30.3 Å². The molecule has 4 aromatic rings. The van der Waals surface area contributed by atoms with Crippen LogP contribution >= 0.6 is 23.2 Å². The Morgan fingerprint density at radius 2 is 1.80 bits per heavy atom. The minimum absolute atomic E-state index is 0.305. The van der Waals surface area contributed by atoms with Crippen molar-refractivity contribution in [1.82, 2.24) is 14.9 Å². The number of fused-ring (bicyclic) bond motifs is 1. The lowest BCUT2D eigenvalue weighted by Crippen LogP contribution is -2.21. The van der Waals surface area contributed by atoms with Gasteiger partial charge in [0.05, 0.1) is 41.3 Å². The minimum Gasteiger partial charge on any atom is -0.495 e. The smallest absolute Gasteiger partial charge is 0.247 e. The molecular weight excluding hydrogens is 563 g/mol. The Kier molecular flexibility index (Phi) is 9.54. The lowest BCUT2D eigenvalue weighted by atomic mass is 10.1. The zero-order valence-corrected chi connectivity index (χ0v) is 25.1. The molecule has 0 atom stereocenters. The van der Waals surface area contributed by atoms with E-state index in [1.54, 1.807) is 12.3 Å². The summed E-state index contributed by atoms with van der Waals surface area (Å²) in [4.78, 5) is 23.7. The number of halogens is 2. The average molecular weight is 596 g/mol. The molecule has 4 rings (SSSR count). The SMILES string of the molecule is C=CC(=O)Nc1cccc(C)c1Nc1cc2c(NCCN(C)C)nc(-c3c(Cl)c(OC)cc(OC)c3Cl)cc2cn1. The van der Waals surface area contributed by atoms with Gasteiger partial charge in [0, 0.05) is 41.7 Å². The van der Waals surface area contributed by atoms with E-state index in [4.69, 9.17) is 37.7 Å². The van der Waals surface area contributed by atoms with Crippen molar-refractivity contribution in [2.24, 2.45) is 0 Å². The average Bonchev–Trinajstić information content (AvgIpc) is 2.95. The molecule has 0 spiro atoms. The molecule has 41 heavy (non-hydrogen) atoms. The largest absolute Gasteiger partial charge is 0.495 e. The maximum atomic E-state index is 12.0. The first-order chi connectivity index (χ1) is 19.7. The second-order valence-electron chi connectivity index (χ2n) is 9.48. The predicted octanol–water partition coefficient (Wildman–Crippen LogP) is 6.77. The van der Waals surface area contributed by atoms with Gasteiger partial charge in [0.25, 0.3) is 0 Å². The molecule has 0 saturated heterocycles. The number of likely N-dealkylation sites (N-methyl/N-ethyl adjacent to an activating group) is 1. The van der Waals surface area contributed by atoms with Gasteiger partial charge in [-0.25, -0.2) is 9.97 Å². The Hall–Kier alpha value is -4.05. The number of carbonyl (C=O) groups excluding carboxylic acids is 1. The highest BCUT2D eigenvalue weighted by atomic mass is 35.5. The fourth-order valence-corrected chi connectivity index (χ4v) is 4.93. The van der Waals surface area contributed by atoms with Crippen LogP contribution in [0.1, 0.15) is 5.56 Å². The number of carbonyl (C=O) groups is 1. The van der Waals surface area contributed by atoms with Crippen LogP contribution in [0, 0.1) is 6.92 Å². The maximum Gasteiger partial charge on any atom is 0.247 e. The van der Waals surface area contributed by atoms with E-state index in [1.165, 1.54) is 20.3 Å². The van der Waals surface area contributed by atoms with Crippen molar-refractivity contribution >= 4 is 62.9 Å². The summed E-state index contributed by atoms with van der Waals surface area (Å²) in [5, 5.41) is 11.9. The first-order valence-corrected chi connectivity index (χ1v) is 13.5. The normalized spacial score (nSPS) is 10.9. The standard InChI is InChI=1S/C30H32Cl2N6O3/c1-7-25(39)35-20-10-8-9-17(2)29(20)37-24-14-19-18(16-34-24)13-21(36-30(19)33-11-12-38(3)4)26-27(31)22(40-5)15-23(41-6)28(26)32/h7-10,13-16H,1,11-12H2,2-6H3,(H,33,36)(H,34,37)(H,35,39). The lowest BCUT2D eigenvalue weighted by molar-refractivity contribution is -0.111. The molecule has 1 amide bonds. The van der Waals surface area contributed by atoms with Crippen LogP contribution in [-0.4, -0.2) is 62.2 Å². The minimum atomic E-state index is -0.305. The van der Waals surface area contributed by atoms with E-state index in [9.17, 15) is 4.79 Å². The van der Waals surface area contributed by atoms with Gasteiger partial charge in [-0.3, -0.25) is 4.79 Å². The summed E-state index contributed by atoms with van der Waals surface area (Å²) in [6.45, 7) is 6.91. The highest BCUT2D eigenvalue weighted by molar-refractivity contribution is 6.41. The van der Waals surface area contributed by atoms with E-state index in [1.807, 2.05) is 51.4 Å². The molecule has 2 aromatic carbocycles. The van der Waals surface area contributed by atoms with E-state index in [0.29, 0.717) is 56.7 Å². The molecule has 0 fully saturated rings. The molecule has 0 saturated carbocycles. The van der Waals surface area contributed by atoms with Gasteiger partial charge in [0.2, 0.25) is 5.91 Å². The van der Waals surface area contributed by atoms with Crippen molar-refractivity contribution in [2.75, 3.05) is 57.4 Å². The zero-order chi connectivity index (χ0) is 29.7. The number of pyridine rings is 2. The fraction of sp³-hybridized carbons (Fsp3) is 0.233. The van der Waals surface area contributed by atoms with Crippen LogP contribution in [0.15, 0.2) is 55.3 Å². The summed E-state index contributed by atoms with van der Waals surface area (Å²) in [5.74, 6) is 1.74. The molecule has 2 heterocycles. The summed E-state index contributed by atoms with van der Waals surface area (Å²) in [5.41, 5.74) is 3.30. The first kappa shape index (κ1) is 29.9. The number of nitrogens with one attached hydrogen (secondary N) is 3. The van der Waals surface area contributed by atoms with Gasteiger partial charge in [-0.1, -0.05) is 41.9 Å². The number of nitrogens with zero attached hydrogens (tertiary/aromatic N) is 3. The van der Waals surface area contributed by atoms with Crippen LogP contribution in [-0.2, 0) is 4.79 Å². The summed E-state index contributed by atoms with van der Waals surface area (Å²) < 4.78 is 10.9. The number of rotatable bonds is 11. The molecule has 0 unspecified atom stereocenters. The Morgan fingerprint density at radius 3 is 2.44 bits per heavy atom. The second-order valence-corrected chi connectivity index (χ2v) is 10.2. The van der Waals surface area contributed by atoms with Crippen LogP contribution in [0.3, 0.4) is 0 Å². The number of hydrogen-bond donors (Lipinski definition) is 3. The first-order valence-electron chi connectivity index (χ1n) is 12.8. The van der Waals surface area contributed by atoms with Gasteiger partial charge >= 0.3 is 0 Å². The molecule has 214 valence electrons. The van der Waals surface area contributed by atoms with E-state index < -0.39 is 0 Å². The molecule has 3 N–H and O–H groups in total. The number of amides is 1. The van der Waals surface area contributed by atoms with Crippen LogP contribution in [0.4, 0.5) is 23.0 Å². The Labute approximate surface area is 249 Å². The third-order valence-electron chi connectivity index (χ3n) is 6.36. The van der Waals surface area contributed by atoms with Crippen molar-refractivity contribution < 1.29 is 14.3 Å². The van der Waals surface area contributed by atoms with Crippen molar-refractivity contribution in [2.45, 2.75) is 6.92 Å². The maximum absolute atomic E-state index is 12.0. The third-order valence-corrected chi connectivity index (χ3v) is 7.12. The van der Waals surface area contributed by atoms with Gasteiger partial charge in [-0.05, 0) is 50.9 Å². The highest BCUT2D eigenvalue weighted by Gasteiger charge is 2.21. The monoisotopic (exact) mass is 594 g/mol. The topological polar surface area (TPSA) is 101 Å². The van der Waals surface area contributed by atoms with Gasteiger partial charge in [0.15, 0.2) is 0 Å². The van der Waals surface area contributed by atoms with Crippen LogP contribution in [0.5, 0.6) is 11.5 Å². The Balaban J connectivity index is 1.84. The number of methoxy groups -OCH3 is 2. The summed E-state index contributed by atoms with van der Waals surface area (Å²) >= 11 is 13.4. The molecule has 0 aliphatic rings. The van der Waals surface area contributed by atoms with Crippen LogP contribution in [0.25, 0.3) is 22.0 Å². The van der Waals surface area contributed by atoms with Crippen molar-refractivity contribution in [3.8, 4) is 22.8 Å². The van der Waals surface area contributed by atoms with Crippen molar-refractivity contribution in [1.29, 1.82) is 0 Å². The Bertz CT molecular complexity index is 1580. The number of benzene rings is 2. The van der Waals surface area contributed by atoms with Crippen LogP contribution < -0.4 is 25.4 Å². The number of hydrogen-bond acceptors (Lipinski definition) is 8. The Morgan fingerprint density at radius 1 is 1.10 bits per heavy atom. The number of aryl methyl sites for hydroxylation is 1. The molecule has 9 nitrogen and oxygen atoms in total. The molecular formula is C30H32Cl2N6O3. The zero-order valence-electron chi connectivity index (χ0n) is 23.6. The van der Waals surface area contributed by atoms with Gasteiger partial charge in [-0.15, -0.1) is 0 Å². The van der Waals surface area contributed by atoms with Gasteiger partial charge in [0.1, 0.15) is 23.1 Å². The van der Waals surface area contributed by atoms with Gasteiger partial charge in [-0.2, -0.15) is 0 Å². The number of aromatic nitrogens is 2. The fourth-order valence-electron chi connectivity index (χ4n) is 4.24. The molecule has 0 aliphatic carbocycles. The summed E-state index contributed by atoms with van der Waals surface area (Å²) in [7, 11) is 7.06. The lowest BCUT2D eigenvalue weighted by Gasteiger charge is -2.18. The number of para-hydroxylation sites is 1. The third kappa shape index (κ3) is 6.65. The van der Waals surface area contributed by atoms with E-state index in [0.717, 1.165) is 28.6 Å². The molecule has 0 bridgehead atoms. The summed E-state index contributed by atoms with van der Waals surface area (Å²) in [6, 6.07) is 11.1. The summed E-state index contributed by atoms with van der Waals surface area (Å²) in [6.07, 6.45) is 2.98. The van der Waals surface area contributed by atoms with E-state index >= 15 is 0 Å². The highest BCUT2D eigenvalue weighted by Crippen LogP contribution is 2.46.